The first-order chi connectivity index (χ1) is 18.2. The van der Waals surface area contributed by atoms with Gasteiger partial charge in [0.25, 0.3) is 0 Å². The Morgan fingerprint density at radius 2 is 1.62 bits per heavy atom. The number of esters is 1. The Labute approximate surface area is 231 Å². The number of allylic oxidation sites excluding steroid dienone is 2. The van der Waals surface area contributed by atoms with Gasteiger partial charge < -0.3 is 30.3 Å². The smallest absolute Gasteiger partial charge is 0.319 e. The van der Waals surface area contributed by atoms with E-state index in [0.717, 1.165) is 31.3 Å². The molecule has 0 amide bonds. The molecule has 0 radical (unpaired) electrons. The van der Waals surface area contributed by atoms with Gasteiger partial charge in [-0.1, -0.05) is 45.8 Å². The highest BCUT2D eigenvalue weighted by molar-refractivity contribution is 5.77. The minimum atomic E-state index is -1.84. The third kappa shape index (κ3) is 5.38. The Bertz CT molecular complexity index is 961. The lowest BCUT2D eigenvalue weighted by Gasteiger charge is -2.64. The van der Waals surface area contributed by atoms with Crippen molar-refractivity contribution in [1.82, 2.24) is 0 Å². The molecule has 222 valence electrons. The monoisotopic (exact) mass is 552 g/mol. The second-order valence-corrected chi connectivity index (χ2v) is 13.5. The summed E-state index contributed by atoms with van der Waals surface area (Å²) in [4.78, 5) is 37.6. The topological polar surface area (TPSA) is 162 Å². The Morgan fingerprint density at radius 1 is 1.00 bits per heavy atom. The molecule has 0 spiro atoms. The maximum Gasteiger partial charge on any atom is 0.319 e. The highest BCUT2D eigenvalue weighted by atomic mass is 16.5. The zero-order chi connectivity index (χ0) is 29.4. The van der Waals surface area contributed by atoms with Crippen LogP contribution in [0.3, 0.4) is 0 Å². The van der Waals surface area contributed by atoms with E-state index in [9.17, 15) is 39.9 Å². The summed E-state index contributed by atoms with van der Waals surface area (Å²) in [7, 11) is 0. The third-order valence-electron chi connectivity index (χ3n) is 10.9. The molecule has 7 atom stereocenters. The molecular weight excluding hydrogens is 504 g/mol. The van der Waals surface area contributed by atoms with Crippen LogP contribution in [0.2, 0.25) is 0 Å². The number of aliphatic hydroxyl groups is 3. The normalized spacial score (nSPS) is 35.4. The molecule has 0 aromatic rings. The molecule has 9 nitrogen and oxygen atoms in total. The van der Waals surface area contributed by atoms with Crippen LogP contribution in [0.25, 0.3) is 0 Å². The minimum Gasteiger partial charge on any atom is -0.481 e. The molecular formula is C30H48O9. The van der Waals surface area contributed by atoms with E-state index in [1.54, 1.807) is 0 Å². The van der Waals surface area contributed by atoms with Gasteiger partial charge in [-0.15, -0.1) is 0 Å². The molecule has 5 N–H and O–H groups in total. The van der Waals surface area contributed by atoms with Gasteiger partial charge in [0.05, 0.1) is 37.8 Å². The standard InChI is InChI=1S/C30H48O9/c1-18(2)21-14-27(3)11-7-22-28(4,9-6-10-29(22,5)25(36)37)23(27)13-20(21)19(24(34)35)8-12-39-26(38)30(15-31,16-32)17-33/h14,18-20,22-23,31-33H,6-13,15-17H2,1-5H3,(H,34,35)(H,36,37). The lowest BCUT2D eigenvalue weighted by Crippen LogP contribution is -2.58. The molecule has 3 aliphatic rings. The number of carboxylic acid groups (broad SMARTS) is 2. The van der Waals surface area contributed by atoms with E-state index < -0.39 is 54.5 Å². The number of carbonyl (C=O) groups excluding carboxylic acids is 1. The van der Waals surface area contributed by atoms with Crippen LogP contribution in [0.1, 0.15) is 79.6 Å². The van der Waals surface area contributed by atoms with Gasteiger partial charge in [-0.3, -0.25) is 14.4 Å². The third-order valence-corrected chi connectivity index (χ3v) is 10.9. The summed E-state index contributed by atoms with van der Waals surface area (Å²) < 4.78 is 5.27. The fourth-order valence-electron chi connectivity index (χ4n) is 8.47. The first kappa shape index (κ1) is 31.6. The van der Waals surface area contributed by atoms with Gasteiger partial charge >= 0.3 is 17.9 Å². The van der Waals surface area contributed by atoms with Crippen molar-refractivity contribution in [2.45, 2.75) is 79.6 Å². The van der Waals surface area contributed by atoms with Crippen LogP contribution in [-0.4, -0.2) is 69.9 Å². The SMILES string of the molecule is CC(C)C1=CC2(C)CCC3C(C)(C(=O)O)CCCC3(C)C2CC1C(CCOC(=O)C(CO)(CO)CO)C(=O)O. The van der Waals surface area contributed by atoms with E-state index in [2.05, 4.69) is 33.8 Å². The Kier molecular flexibility index (Phi) is 9.30. The van der Waals surface area contributed by atoms with E-state index in [1.807, 2.05) is 6.92 Å². The zero-order valence-corrected chi connectivity index (χ0v) is 24.1. The average Bonchev–Trinajstić information content (AvgIpc) is 2.87. The molecule has 0 heterocycles. The number of carboxylic acids is 2. The molecule has 7 unspecified atom stereocenters. The van der Waals surface area contributed by atoms with Crippen LogP contribution in [0.4, 0.5) is 0 Å². The van der Waals surface area contributed by atoms with Crippen LogP contribution in [0, 0.1) is 51.2 Å². The van der Waals surface area contributed by atoms with Crippen molar-refractivity contribution < 1.29 is 44.7 Å². The average molecular weight is 553 g/mol. The summed E-state index contributed by atoms with van der Waals surface area (Å²) in [6, 6.07) is 0. The van der Waals surface area contributed by atoms with Crippen molar-refractivity contribution in [3.05, 3.63) is 11.6 Å². The van der Waals surface area contributed by atoms with Crippen molar-refractivity contribution >= 4 is 17.9 Å². The molecule has 2 saturated carbocycles. The Hall–Kier alpha value is -1.97. The van der Waals surface area contributed by atoms with Crippen LogP contribution in [-0.2, 0) is 19.1 Å². The number of ether oxygens (including phenoxy) is 1. The molecule has 3 rings (SSSR count). The molecule has 9 heteroatoms. The number of carbonyl (C=O) groups is 3. The van der Waals surface area contributed by atoms with E-state index in [-0.39, 0.29) is 47.5 Å². The molecule has 0 aromatic heterocycles. The predicted molar refractivity (Wildman–Crippen MR) is 143 cm³/mol. The lowest BCUT2D eigenvalue weighted by atomic mass is 9.40. The maximum atomic E-state index is 12.6. The molecule has 2 fully saturated rings. The molecule has 0 aliphatic heterocycles. The summed E-state index contributed by atoms with van der Waals surface area (Å²) in [6.45, 7) is 7.89. The summed E-state index contributed by atoms with van der Waals surface area (Å²) in [6.07, 6.45) is 7.06. The molecule has 0 saturated heterocycles. The van der Waals surface area contributed by atoms with Gasteiger partial charge in [0.1, 0.15) is 5.41 Å². The van der Waals surface area contributed by atoms with Gasteiger partial charge in [0.15, 0.2) is 0 Å². The first-order valence-electron chi connectivity index (χ1n) is 14.3. The molecule has 0 bridgehead atoms. The van der Waals surface area contributed by atoms with Crippen LogP contribution < -0.4 is 0 Å². The van der Waals surface area contributed by atoms with Gasteiger partial charge in [-0.05, 0) is 80.0 Å². The van der Waals surface area contributed by atoms with Gasteiger partial charge in [0.2, 0.25) is 0 Å². The second-order valence-electron chi connectivity index (χ2n) is 13.5. The fraction of sp³-hybridized carbons (Fsp3) is 0.833. The van der Waals surface area contributed by atoms with E-state index in [1.165, 1.54) is 0 Å². The highest BCUT2D eigenvalue weighted by Gasteiger charge is 2.62. The van der Waals surface area contributed by atoms with Crippen molar-refractivity contribution in [2.75, 3.05) is 26.4 Å². The number of hydrogen-bond donors (Lipinski definition) is 5. The second kappa shape index (κ2) is 11.5. The predicted octanol–water partition coefficient (Wildman–Crippen LogP) is 3.50. The largest absolute Gasteiger partial charge is 0.481 e. The van der Waals surface area contributed by atoms with Gasteiger partial charge in [-0.2, -0.15) is 0 Å². The number of aliphatic carboxylic acids is 2. The number of rotatable bonds is 11. The van der Waals surface area contributed by atoms with Crippen LogP contribution in [0.5, 0.6) is 0 Å². The summed E-state index contributed by atoms with van der Waals surface area (Å²) in [5, 5.41) is 49.1. The van der Waals surface area contributed by atoms with Gasteiger partial charge in [0, 0.05) is 0 Å². The van der Waals surface area contributed by atoms with Crippen LogP contribution in [0.15, 0.2) is 11.6 Å². The lowest BCUT2D eigenvalue weighted by molar-refractivity contribution is -0.176. The van der Waals surface area contributed by atoms with Crippen molar-refractivity contribution in [1.29, 1.82) is 0 Å². The molecule has 0 aromatic carbocycles. The van der Waals surface area contributed by atoms with E-state index in [4.69, 9.17) is 4.74 Å². The summed E-state index contributed by atoms with van der Waals surface area (Å²) >= 11 is 0. The number of hydrogen-bond acceptors (Lipinski definition) is 7. The Morgan fingerprint density at radius 3 is 2.13 bits per heavy atom. The number of aliphatic hydroxyl groups excluding tert-OH is 3. The fourth-order valence-corrected chi connectivity index (χ4v) is 8.47. The molecule has 3 aliphatic carbocycles. The van der Waals surface area contributed by atoms with Gasteiger partial charge in [-0.25, -0.2) is 0 Å². The Balaban J connectivity index is 1.93. The van der Waals surface area contributed by atoms with Crippen molar-refractivity contribution in [2.24, 2.45) is 51.2 Å². The first-order valence-corrected chi connectivity index (χ1v) is 14.3. The highest BCUT2D eigenvalue weighted by Crippen LogP contribution is 2.68. The molecule has 39 heavy (non-hydrogen) atoms. The van der Waals surface area contributed by atoms with Crippen LogP contribution >= 0.6 is 0 Å². The minimum absolute atomic E-state index is 0.0109. The maximum absolute atomic E-state index is 12.6. The number of fused-ring (bicyclic) bond motifs is 3. The quantitative estimate of drug-likeness (QED) is 0.191. The van der Waals surface area contributed by atoms with Crippen molar-refractivity contribution in [3.63, 3.8) is 0 Å². The van der Waals surface area contributed by atoms with E-state index in [0.29, 0.717) is 12.8 Å². The van der Waals surface area contributed by atoms with E-state index >= 15 is 0 Å². The van der Waals surface area contributed by atoms with Crippen molar-refractivity contribution in [3.8, 4) is 0 Å². The zero-order valence-electron chi connectivity index (χ0n) is 24.1. The summed E-state index contributed by atoms with van der Waals surface area (Å²) in [5.74, 6) is -3.59. The summed E-state index contributed by atoms with van der Waals surface area (Å²) in [5.41, 5.74) is -1.95.